The number of hydrogen-bond donors (Lipinski definition) is 1. The van der Waals surface area contributed by atoms with Crippen molar-refractivity contribution >= 4 is 40.2 Å². The van der Waals surface area contributed by atoms with Crippen molar-refractivity contribution in [1.29, 1.82) is 0 Å². The van der Waals surface area contributed by atoms with Gasteiger partial charge >= 0.3 is 0 Å². The van der Waals surface area contributed by atoms with E-state index in [4.69, 9.17) is 16.3 Å². The van der Waals surface area contributed by atoms with Gasteiger partial charge in [0.2, 0.25) is 5.91 Å². The maximum absolute atomic E-state index is 12.9. The molecule has 8 heteroatoms. The Morgan fingerprint density at radius 2 is 2.07 bits per heavy atom. The number of halogens is 1. The molecule has 0 aliphatic heterocycles. The Bertz CT molecular complexity index is 1050. The summed E-state index contributed by atoms with van der Waals surface area (Å²) in [5, 5.41) is 4.60. The quantitative estimate of drug-likeness (QED) is 0.319. The Labute approximate surface area is 178 Å². The third-order valence-electron chi connectivity index (χ3n) is 4.27. The summed E-state index contributed by atoms with van der Waals surface area (Å²) in [6.07, 6.45) is 0.685. The van der Waals surface area contributed by atoms with Crippen LogP contribution in [0.25, 0.3) is 10.9 Å². The SMILES string of the molecule is COCCCn1c(SCC(=O)NCc2cccc(Cl)c2)nc2ccccc2c1=O. The maximum atomic E-state index is 12.9. The predicted molar refractivity (Wildman–Crippen MR) is 117 cm³/mol. The molecule has 0 spiro atoms. The Balaban J connectivity index is 1.71. The molecule has 0 unspecified atom stereocenters. The van der Waals surface area contributed by atoms with Crippen LogP contribution in [0.1, 0.15) is 12.0 Å². The Hall–Kier alpha value is -2.35. The van der Waals surface area contributed by atoms with Gasteiger partial charge in [0.15, 0.2) is 5.16 Å². The lowest BCUT2D eigenvalue weighted by molar-refractivity contribution is -0.118. The highest BCUT2D eigenvalue weighted by Gasteiger charge is 2.13. The number of methoxy groups -OCH3 is 1. The normalized spacial score (nSPS) is 11.0. The monoisotopic (exact) mass is 431 g/mol. The molecule has 0 aliphatic rings. The first-order valence-corrected chi connectivity index (χ1v) is 10.6. The van der Waals surface area contributed by atoms with Gasteiger partial charge in [0.25, 0.3) is 5.56 Å². The number of para-hydroxylation sites is 1. The van der Waals surface area contributed by atoms with Crippen LogP contribution in [0.2, 0.25) is 5.02 Å². The minimum atomic E-state index is -0.138. The number of aromatic nitrogens is 2. The topological polar surface area (TPSA) is 73.2 Å². The smallest absolute Gasteiger partial charge is 0.262 e. The van der Waals surface area contributed by atoms with Gasteiger partial charge in [-0.2, -0.15) is 0 Å². The second kappa shape index (κ2) is 10.4. The fourth-order valence-electron chi connectivity index (χ4n) is 2.85. The fraction of sp³-hybridized carbons (Fsp3) is 0.286. The summed E-state index contributed by atoms with van der Waals surface area (Å²) < 4.78 is 6.72. The minimum absolute atomic E-state index is 0.103. The van der Waals surface area contributed by atoms with E-state index in [0.717, 1.165) is 5.56 Å². The zero-order valence-electron chi connectivity index (χ0n) is 16.1. The fourth-order valence-corrected chi connectivity index (χ4v) is 3.92. The molecule has 0 fully saturated rings. The van der Waals surface area contributed by atoms with Crippen LogP contribution < -0.4 is 10.9 Å². The molecule has 6 nitrogen and oxygen atoms in total. The van der Waals surface area contributed by atoms with Gasteiger partial charge in [-0.05, 0) is 36.2 Å². The van der Waals surface area contributed by atoms with Crippen LogP contribution in [0.3, 0.4) is 0 Å². The molecule has 0 aliphatic carbocycles. The summed E-state index contributed by atoms with van der Waals surface area (Å²) in [7, 11) is 1.63. The van der Waals surface area contributed by atoms with Crippen molar-refractivity contribution in [1.82, 2.24) is 14.9 Å². The van der Waals surface area contributed by atoms with Gasteiger partial charge in [0.05, 0.1) is 16.7 Å². The van der Waals surface area contributed by atoms with E-state index in [1.54, 1.807) is 29.9 Å². The van der Waals surface area contributed by atoms with Gasteiger partial charge < -0.3 is 10.1 Å². The third kappa shape index (κ3) is 5.82. The number of amides is 1. The van der Waals surface area contributed by atoms with Crippen molar-refractivity contribution in [3.8, 4) is 0 Å². The summed E-state index contributed by atoms with van der Waals surface area (Å²) in [4.78, 5) is 29.8. The molecule has 152 valence electrons. The number of hydrogen-bond acceptors (Lipinski definition) is 5. The van der Waals surface area contributed by atoms with Crippen LogP contribution >= 0.6 is 23.4 Å². The summed E-state index contributed by atoms with van der Waals surface area (Å²) in [6.45, 7) is 1.42. The Morgan fingerprint density at radius 3 is 2.86 bits per heavy atom. The maximum Gasteiger partial charge on any atom is 0.262 e. The molecule has 1 amide bonds. The molecule has 3 aromatic rings. The molecule has 0 saturated heterocycles. The lowest BCUT2D eigenvalue weighted by Crippen LogP contribution is -2.27. The number of nitrogens with zero attached hydrogens (tertiary/aromatic N) is 2. The van der Waals surface area contributed by atoms with Crippen LogP contribution in [0.15, 0.2) is 58.5 Å². The van der Waals surface area contributed by atoms with Crippen molar-refractivity contribution < 1.29 is 9.53 Å². The number of benzene rings is 2. The highest BCUT2D eigenvalue weighted by Crippen LogP contribution is 2.18. The molecule has 0 radical (unpaired) electrons. The molecule has 1 aromatic heterocycles. The predicted octanol–water partition coefficient (Wildman–Crippen LogP) is 3.49. The molecule has 0 atom stereocenters. The second-order valence-electron chi connectivity index (χ2n) is 6.41. The van der Waals surface area contributed by atoms with Crippen molar-refractivity contribution in [2.75, 3.05) is 19.5 Å². The van der Waals surface area contributed by atoms with Crippen molar-refractivity contribution in [2.45, 2.75) is 24.7 Å². The first kappa shape index (κ1) is 21.4. The number of thioether (sulfide) groups is 1. The number of nitrogens with one attached hydrogen (secondary N) is 1. The first-order chi connectivity index (χ1) is 14.1. The van der Waals surface area contributed by atoms with E-state index in [9.17, 15) is 9.59 Å². The standard InChI is InChI=1S/C21H22ClN3O3S/c1-28-11-5-10-25-20(27)17-8-2-3-9-18(17)24-21(25)29-14-19(26)23-13-15-6-4-7-16(22)12-15/h2-4,6-9,12H,5,10-11,13-14H2,1H3,(H,23,26). The van der Waals surface area contributed by atoms with E-state index in [-0.39, 0.29) is 17.2 Å². The molecule has 2 aromatic carbocycles. The number of carbonyl (C=O) groups is 1. The molecule has 3 rings (SSSR count). The Kier molecular flexibility index (Phi) is 7.69. The van der Waals surface area contributed by atoms with Crippen molar-refractivity contribution in [3.05, 3.63) is 69.5 Å². The van der Waals surface area contributed by atoms with Gasteiger partial charge in [-0.3, -0.25) is 14.2 Å². The molecule has 29 heavy (non-hydrogen) atoms. The van der Waals surface area contributed by atoms with Crippen LogP contribution in [0.5, 0.6) is 0 Å². The molecule has 1 heterocycles. The highest BCUT2D eigenvalue weighted by molar-refractivity contribution is 7.99. The largest absolute Gasteiger partial charge is 0.385 e. The number of carbonyl (C=O) groups excluding carboxylic acids is 1. The highest BCUT2D eigenvalue weighted by atomic mass is 35.5. The molecular weight excluding hydrogens is 410 g/mol. The van der Waals surface area contributed by atoms with Gasteiger partial charge in [-0.15, -0.1) is 0 Å². The summed E-state index contributed by atoms with van der Waals surface area (Å²) in [5.41, 5.74) is 1.45. The zero-order valence-corrected chi connectivity index (χ0v) is 17.6. The van der Waals surface area contributed by atoms with Crippen molar-refractivity contribution in [2.24, 2.45) is 0 Å². The molecule has 1 N–H and O–H groups in total. The van der Waals surface area contributed by atoms with Crippen LogP contribution in [-0.2, 0) is 22.6 Å². The lowest BCUT2D eigenvalue weighted by atomic mass is 10.2. The summed E-state index contributed by atoms with van der Waals surface area (Å²) in [5.74, 6) is 0.0242. The van der Waals surface area contributed by atoms with E-state index in [2.05, 4.69) is 10.3 Å². The number of ether oxygens (including phenoxy) is 1. The van der Waals surface area contributed by atoms with E-state index < -0.39 is 0 Å². The van der Waals surface area contributed by atoms with E-state index in [1.807, 2.05) is 30.3 Å². The van der Waals surface area contributed by atoms with Gasteiger partial charge in [-0.25, -0.2) is 4.98 Å². The van der Waals surface area contributed by atoms with E-state index >= 15 is 0 Å². The van der Waals surface area contributed by atoms with Crippen LogP contribution in [0, 0.1) is 0 Å². The van der Waals surface area contributed by atoms with E-state index in [1.165, 1.54) is 11.8 Å². The molecule has 0 saturated carbocycles. The van der Waals surface area contributed by atoms with E-state index in [0.29, 0.717) is 47.2 Å². The average Bonchev–Trinajstić information content (AvgIpc) is 2.73. The first-order valence-electron chi connectivity index (χ1n) is 9.21. The molecular formula is C21H22ClN3O3S. The van der Waals surface area contributed by atoms with Crippen molar-refractivity contribution in [3.63, 3.8) is 0 Å². The second-order valence-corrected chi connectivity index (χ2v) is 7.79. The zero-order chi connectivity index (χ0) is 20.6. The summed E-state index contributed by atoms with van der Waals surface area (Å²) >= 11 is 7.22. The average molecular weight is 432 g/mol. The van der Waals surface area contributed by atoms with Gasteiger partial charge in [-0.1, -0.05) is 47.6 Å². The number of rotatable bonds is 9. The molecule has 0 bridgehead atoms. The number of fused-ring (bicyclic) bond motifs is 1. The third-order valence-corrected chi connectivity index (χ3v) is 5.48. The Morgan fingerprint density at radius 1 is 1.24 bits per heavy atom. The lowest BCUT2D eigenvalue weighted by Gasteiger charge is -2.13. The van der Waals surface area contributed by atoms with Crippen LogP contribution in [0.4, 0.5) is 0 Å². The minimum Gasteiger partial charge on any atom is -0.385 e. The van der Waals surface area contributed by atoms with Crippen LogP contribution in [-0.4, -0.2) is 34.9 Å². The van der Waals surface area contributed by atoms with Gasteiger partial charge in [0.1, 0.15) is 0 Å². The summed E-state index contributed by atoms with van der Waals surface area (Å²) in [6, 6.07) is 14.6. The van der Waals surface area contributed by atoms with Gasteiger partial charge in [0, 0.05) is 31.8 Å².